The van der Waals surface area contributed by atoms with Crippen molar-refractivity contribution in [1.29, 1.82) is 5.26 Å². The quantitative estimate of drug-likeness (QED) is 0.810. The Morgan fingerprint density at radius 3 is 2.42 bits per heavy atom. The van der Waals surface area contributed by atoms with Crippen LogP contribution < -0.4 is 9.47 Å². The number of carbonyl (C=O) groups is 1. The van der Waals surface area contributed by atoms with E-state index in [0.717, 1.165) is 49.5 Å². The highest BCUT2D eigenvalue weighted by atomic mass is 16.5. The standard InChI is InChI=1S/C20H27N3O3/c1-25-17-5-6-18(26-2)16(13-17)14-22-9-11-23(12-10-22)19(24)20(15-21)7-3-4-8-20/h5-6,13H,3-4,7-12,14H2,1-2H3. The lowest BCUT2D eigenvalue weighted by Crippen LogP contribution is -2.52. The van der Waals surface area contributed by atoms with Gasteiger partial charge in [0.1, 0.15) is 16.9 Å². The number of rotatable bonds is 5. The summed E-state index contributed by atoms with van der Waals surface area (Å²) in [6.45, 7) is 3.70. The molecule has 3 rings (SSSR count). The number of methoxy groups -OCH3 is 2. The van der Waals surface area contributed by atoms with Crippen LogP contribution in [0.5, 0.6) is 11.5 Å². The van der Waals surface area contributed by atoms with Gasteiger partial charge in [0.2, 0.25) is 5.91 Å². The van der Waals surface area contributed by atoms with Gasteiger partial charge in [-0.2, -0.15) is 5.26 Å². The highest BCUT2D eigenvalue weighted by molar-refractivity contribution is 5.86. The Morgan fingerprint density at radius 2 is 1.85 bits per heavy atom. The number of benzene rings is 1. The molecule has 2 aliphatic rings. The van der Waals surface area contributed by atoms with Crippen LogP contribution in [-0.2, 0) is 11.3 Å². The zero-order valence-electron chi connectivity index (χ0n) is 15.7. The number of nitriles is 1. The second-order valence-electron chi connectivity index (χ2n) is 7.15. The van der Waals surface area contributed by atoms with Crippen LogP contribution in [0.15, 0.2) is 18.2 Å². The predicted molar refractivity (Wildman–Crippen MR) is 97.9 cm³/mol. The highest BCUT2D eigenvalue weighted by Gasteiger charge is 2.44. The molecule has 1 heterocycles. The summed E-state index contributed by atoms with van der Waals surface area (Å²) in [5.74, 6) is 1.70. The van der Waals surface area contributed by atoms with Crippen LogP contribution in [0.4, 0.5) is 0 Å². The van der Waals surface area contributed by atoms with Crippen molar-refractivity contribution in [2.75, 3.05) is 40.4 Å². The van der Waals surface area contributed by atoms with Crippen molar-refractivity contribution in [2.45, 2.75) is 32.2 Å². The van der Waals surface area contributed by atoms with E-state index in [1.807, 2.05) is 23.1 Å². The Morgan fingerprint density at radius 1 is 1.15 bits per heavy atom. The minimum absolute atomic E-state index is 0.0381. The second-order valence-corrected chi connectivity index (χ2v) is 7.15. The van der Waals surface area contributed by atoms with Gasteiger partial charge in [0.25, 0.3) is 0 Å². The molecule has 140 valence electrons. The lowest BCUT2D eigenvalue weighted by molar-refractivity contribution is -0.140. The molecule has 2 fully saturated rings. The summed E-state index contributed by atoms with van der Waals surface area (Å²) in [5.41, 5.74) is 0.314. The molecule has 0 atom stereocenters. The maximum atomic E-state index is 12.9. The SMILES string of the molecule is COc1ccc(OC)c(CN2CCN(C(=O)C3(C#N)CCCC3)CC2)c1. The number of hydrogen-bond donors (Lipinski definition) is 0. The Balaban J connectivity index is 1.61. The smallest absolute Gasteiger partial charge is 0.243 e. The van der Waals surface area contributed by atoms with E-state index >= 15 is 0 Å². The van der Waals surface area contributed by atoms with Gasteiger partial charge in [-0.1, -0.05) is 12.8 Å². The van der Waals surface area contributed by atoms with Gasteiger partial charge < -0.3 is 14.4 Å². The number of carbonyl (C=O) groups excluding carboxylic acids is 1. The summed E-state index contributed by atoms with van der Waals surface area (Å²) in [4.78, 5) is 17.0. The van der Waals surface area contributed by atoms with Crippen LogP contribution in [-0.4, -0.2) is 56.1 Å². The fraction of sp³-hybridized carbons (Fsp3) is 0.600. The first-order valence-electron chi connectivity index (χ1n) is 9.26. The monoisotopic (exact) mass is 357 g/mol. The van der Waals surface area contributed by atoms with Crippen LogP contribution in [0.3, 0.4) is 0 Å². The van der Waals surface area contributed by atoms with Crippen LogP contribution in [0.25, 0.3) is 0 Å². The molecule has 1 saturated heterocycles. The van der Waals surface area contributed by atoms with Crippen molar-refractivity contribution >= 4 is 5.91 Å². The first-order valence-corrected chi connectivity index (χ1v) is 9.26. The van der Waals surface area contributed by atoms with Crippen molar-refractivity contribution in [3.05, 3.63) is 23.8 Å². The predicted octanol–water partition coefficient (Wildman–Crippen LogP) is 2.43. The molecule has 6 heteroatoms. The number of nitrogens with zero attached hydrogens (tertiary/aromatic N) is 3. The molecule has 6 nitrogen and oxygen atoms in total. The maximum absolute atomic E-state index is 12.9. The maximum Gasteiger partial charge on any atom is 0.243 e. The number of hydrogen-bond acceptors (Lipinski definition) is 5. The molecule has 1 amide bonds. The van der Waals surface area contributed by atoms with Gasteiger partial charge in [0.15, 0.2) is 0 Å². The third-order valence-corrected chi connectivity index (χ3v) is 5.62. The molecular weight excluding hydrogens is 330 g/mol. The molecule has 0 N–H and O–H groups in total. The Hall–Kier alpha value is -2.26. The van der Waals surface area contributed by atoms with Gasteiger partial charge >= 0.3 is 0 Å². The van der Waals surface area contributed by atoms with Crippen molar-refractivity contribution < 1.29 is 14.3 Å². The Bertz CT molecular complexity index is 684. The van der Waals surface area contributed by atoms with Gasteiger partial charge in [-0.3, -0.25) is 9.69 Å². The van der Waals surface area contributed by atoms with Gasteiger partial charge in [0, 0.05) is 38.3 Å². The largest absolute Gasteiger partial charge is 0.497 e. The Kier molecular flexibility index (Phi) is 5.67. The van der Waals surface area contributed by atoms with Crippen molar-refractivity contribution in [1.82, 2.24) is 9.80 Å². The lowest BCUT2D eigenvalue weighted by Gasteiger charge is -2.37. The van der Waals surface area contributed by atoms with Gasteiger partial charge in [-0.15, -0.1) is 0 Å². The molecule has 1 aliphatic heterocycles. The first-order chi connectivity index (χ1) is 12.6. The number of piperazine rings is 1. The number of ether oxygens (including phenoxy) is 2. The van der Waals surface area contributed by atoms with E-state index in [4.69, 9.17) is 9.47 Å². The van der Waals surface area contributed by atoms with Crippen LogP contribution in [0.2, 0.25) is 0 Å². The molecule has 1 aromatic carbocycles. The molecule has 1 aromatic rings. The molecule has 1 aliphatic carbocycles. The summed E-state index contributed by atoms with van der Waals surface area (Å²) in [7, 11) is 3.33. The number of amides is 1. The van der Waals surface area contributed by atoms with Crippen molar-refractivity contribution in [2.24, 2.45) is 5.41 Å². The van der Waals surface area contributed by atoms with Crippen LogP contribution in [0, 0.1) is 16.7 Å². The van der Waals surface area contributed by atoms with Gasteiger partial charge in [-0.25, -0.2) is 0 Å². The molecule has 26 heavy (non-hydrogen) atoms. The minimum atomic E-state index is -0.766. The minimum Gasteiger partial charge on any atom is -0.497 e. The van der Waals surface area contributed by atoms with Crippen LogP contribution >= 0.6 is 0 Å². The summed E-state index contributed by atoms with van der Waals surface area (Å²) in [5, 5.41) is 9.54. The van der Waals surface area contributed by atoms with Crippen molar-refractivity contribution in [3.63, 3.8) is 0 Å². The molecule has 0 aromatic heterocycles. The third kappa shape index (κ3) is 3.63. The van der Waals surface area contributed by atoms with Crippen molar-refractivity contribution in [3.8, 4) is 17.6 Å². The van der Waals surface area contributed by atoms with E-state index in [2.05, 4.69) is 11.0 Å². The highest BCUT2D eigenvalue weighted by Crippen LogP contribution is 2.39. The summed E-state index contributed by atoms with van der Waals surface area (Å²) < 4.78 is 10.8. The molecule has 0 radical (unpaired) electrons. The molecule has 0 bridgehead atoms. The zero-order valence-corrected chi connectivity index (χ0v) is 15.7. The summed E-state index contributed by atoms with van der Waals surface area (Å²) >= 11 is 0. The van der Waals surface area contributed by atoms with Gasteiger partial charge in [0.05, 0.1) is 20.3 Å². The zero-order chi connectivity index (χ0) is 18.6. The summed E-state index contributed by atoms with van der Waals surface area (Å²) in [6.07, 6.45) is 3.39. The fourth-order valence-electron chi connectivity index (χ4n) is 4.01. The van der Waals surface area contributed by atoms with E-state index in [1.54, 1.807) is 14.2 Å². The van der Waals surface area contributed by atoms with Gasteiger partial charge in [-0.05, 0) is 31.0 Å². The molecule has 0 unspecified atom stereocenters. The topological polar surface area (TPSA) is 65.8 Å². The molecule has 0 spiro atoms. The lowest BCUT2D eigenvalue weighted by atomic mass is 9.86. The Labute approximate surface area is 155 Å². The fourth-order valence-corrected chi connectivity index (χ4v) is 4.01. The third-order valence-electron chi connectivity index (χ3n) is 5.62. The van der Waals surface area contributed by atoms with E-state index in [-0.39, 0.29) is 5.91 Å². The van der Waals surface area contributed by atoms with Crippen LogP contribution in [0.1, 0.15) is 31.2 Å². The van der Waals surface area contributed by atoms with E-state index in [0.29, 0.717) is 25.9 Å². The average molecular weight is 357 g/mol. The average Bonchev–Trinajstić information content (AvgIpc) is 3.18. The second kappa shape index (κ2) is 7.96. The summed E-state index contributed by atoms with van der Waals surface area (Å²) in [6, 6.07) is 8.13. The molecule has 1 saturated carbocycles. The van der Waals surface area contributed by atoms with E-state index in [1.165, 1.54) is 0 Å². The normalized spacial score (nSPS) is 19.8. The molecular formula is C20H27N3O3. The van der Waals surface area contributed by atoms with E-state index in [9.17, 15) is 10.1 Å². The van der Waals surface area contributed by atoms with E-state index < -0.39 is 5.41 Å². The first kappa shape index (κ1) is 18.5.